The van der Waals surface area contributed by atoms with Crippen LogP contribution in [-0.4, -0.2) is 67.0 Å². The monoisotopic (exact) mass is 528 g/mol. The highest BCUT2D eigenvalue weighted by atomic mass is 35.5. The normalized spacial score (nSPS) is 21.9. The van der Waals surface area contributed by atoms with E-state index >= 15 is 0 Å². The smallest absolute Gasteiger partial charge is 0.332 e. The van der Waals surface area contributed by atoms with Crippen molar-refractivity contribution >= 4 is 46.8 Å². The van der Waals surface area contributed by atoms with Crippen molar-refractivity contribution in [2.75, 3.05) is 38.7 Å². The Morgan fingerprint density at radius 3 is 2.42 bits per heavy atom. The first-order valence-electron chi connectivity index (χ1n) is 11.6. The summed E-state index contributed by atoms with van der Waals surface area (Å²) in [6, 6.07) is 13.4. The van der Waals surface area contributed by atoms with Gasteiger partial charge in [-0.2, -0.15) is 5.26 Å². The third-order valence-electron chi connectivity index (χ3n) is 7.01. The molecule has 0 aromatic heterocycles. The standard InChI is InChI=1S/C26H26Cl2N4O4/c1-30-25(35)32(21-12-19(27)11-20(28)13-21)24(34)26(30)16-31(10-4-3-5-23(33)36-2)15-22(26)18-8-6-17(14-29)7-9-18/h6-9,11-13,22H,3-5,10,15-16H2,1-2H3/t22-,26+/m0/s1. The Hall–Kier alpha value is -3.12. The molecule has 3 amide bonds. The molecule has 2 fully saturated rings. The largest absolute Gasteiger partial charge is 0.469 e. The first kappa shape index (κ1) is 26.0. The lowest BCUT2D eigenvalue weighted by Crippen LogP contribution is -2.53. The number of carbonyl (C=O) groups is 3. The molecule has 2 aromatic rings. The fourth-order valence-electron chi connectivity index (χ4n) is 5.17. The van der Waals surface area contributed by atoms with Crippen molar-refractivity contribution in [1.82, 2.24) is 9.80 Å². The first-order valence-corrected chi connectivity index (χ1v) is 12.3. The number of halogens is 2. The van der Waals surface area contributed by atoms with Crippen LogP contribution in [0, 0.1) is 11.3 Å². The SMILES string of the molecule is COC(=O)CCCCN1C[C@@H](c2ccc(C#N)cc2)[C@]2(C1)C(=O)N(c1cc(Cl)cc(Cl)c1)C(=O)N2C. The van der Waals surface area contributed by atoms with E-state index in [1.807, 2.05) is 12.1 Å². The molecule has 0 N–H and O–H groups in total. The van der Waals surface area contributed by atoms with Gasteiger partial charge in [-0.25, -0.2) is 9.69 Å². The average Bonchev–Trinajstić information content (AvgIpc) is 3.33. The van der Waals surface area contributed by atoms with Crippen LogP contribution in [0.4, 0.5) is 10.5 Å². The number of anilines is 1. The van der Waals surface area contributed by atoms with Crippen LogP contribution in [0.2, 0.25) is 10.0 Å². The van der Waals surface area contributed by atoms with Crippen LogP contribution in [0.5, 0.6) is 0 Å². The maximum absolute atomic E-state index is 14.1. The Morgan fingerprint density at radius 1 is 1.14 bits per heavy atom. The number of amides is 3. The van der Waals surface area contributed by atoms with Crippen molar-refractivity contribution in [3.05, 3.63) is 63.6 Å². The minimum Gasteiger partial charge on any atom is -0.469 e. The molecule has 10 heteroatoms. The number of ether oxygens (including phenoxy) is 1. The van der Waals surface area contributed by atoms with Crippen LogP contribution in [-0.2, 0) is 14.3 Å². The Labute approximate surface area is 219 Å². The van der Waals surface area contributed by atoms with Gasteiger partial charge >= 0.3 is 12.0 Å². The molecule has 2 atom stereocenters. The predicted octanol–water partition coefficient (Wildman–Crippen LogP) is 4.44. The summed E-state index contributed by atoms with van der Waals surface area (Å²) in [5.41, 5.74) is 0.553. The molecule has 4 rings (SSSR count). The molecule has 2 saturated heterocycles. The summed E-state index contributed by atoms with van der Waals surface area (Å²) < 4.78 is 4.71. The highest BCUT2D eigenvalue weighted by Gasteiger charge is 2.64. The summed E-state index contributed by atoms with van der Waals surface area (Å²) in [4.78, 5) is 43.9. The molecular weight excluding hydrogens is 503 g/mol. The Kier molecular flexibility index (Phi) is 7.55. The molecule has 36 heavy (non-hydrogen) atoms. The number of likely N-dealkylation sites (N-methyl/N-ethyl adjacent to an activating group) is 1. The van der Waals surface area contributed by atoms with E-state index in [2.05, 4.69) is 11.0 Å². The summed E-state index contributed by atoms with van der Waals surface area (Å²) in [5, 5.41) is 9.86. The van der Waals surface area contributed by atoms with Crippen LogP contribution in [0.25, 0.3) is 0 Å². The quantitative estimate of drug-likeness (QED) is 0.299. The fraction of sp³-hybridized carbons (Fsp3) is 0.385. The Morgan fingerprint density at radius 2 is 1.81 bits per heavy atom. The van der Waals surface area contributed by atoms with E-state index in [9.17, 15) is 19.6 Å². The number of esters is 1. The molecule has 8 nitrogen and oxygen atoms in total. The van der Waals surface area contributed by atoms with Gasteiger partial charge in [-0.3, -0.25) is 14.5 Å². The van der Waals surface area contributed by atoms with E-state index in [-0.39, 0.29) is 17.8 Å². The van der Waals surface area contributed by atoms with Gasteiger partial charge < -0.3 is 9.64 Å². The molecule has 0 saturated carbocycles. The molecule has 0 bridgehead atoms. The first-order chi connectivity index (χ1) is 17.2. The molecule has 0 unspecified atom stereocenters. The van der Waals surface area contributed by atoms with Crippen LogP contribution in [0.1, 0.15) is 36.3 Å². The summed E-state index contributed by atoms with van der Waals surface area (Å²) >= 11 is 12.4. The third-order valence-corrected chi connectivity index (χ3v) is 7.45. The molecule has 2 aliphatic rings. The topological polar surface area (TPSA) is 94.0 Å². The minimum atomic E-state index is -1.15. The highest BCUT2D eigenvalue weighted by Crippen LogP contribution is 2.46. The number of methoxy groups -OCH3 is 1. The number of hydrogen-bond donors (Lipinski definition) is 0. The highest BCUT2D eigenvalue weighted by molar-refractivity contribution is 6.35. The second-order valence-electron chi connectivity index (χ2n) is 9.09. The number of benzene rings is 2. The molecular formula is C26H26Cl2N4O4. The summed E-state index contributed by atoms with van der Waals surface area (Å²) in [6.45, 7) is 1.53. The number of rotatable bonds is 7. The van der Waals surface area contributed by atoms with Gasteiger partial charge in [-0.1, -0.05) is 35.3 Å². The minimum absolute atomic E-state index is 0.254. The van der Waals surface area contributed by atoms with E-state index < -0.39 is 11.6 Å². The van der Waals surface area contributed by atoms with Crippen molar-refractivity contribution in [2.24, 2.45) is 0 Å². The van der Waals surface area contributed by atoms with Crippen LogP contribution >= 0.6 is 23.2 Å². The van der Waals surface area contributed by atoms with E-state index in [4.69, 9.17) is 27.9 Å². The van der Waals surface area contributed by atoms with Crippen LogP contribution < -0.4 is 4.90 Å². The Balaban J connectivity index is 1.68. The maximum Gasteiger partial charge on any atom is 0.332 e. The maximum atomic E-state index is 14.1. The van der Waals surface area contributed by atoms with Gasteiger partial charge in [0.15, 0.2) is 0 Å². The number of nitriles is 1. The van der Waals surface area contributed by atoms with E-state index in [0.29, 0.717) is 53.8 Å². The average molecular weight is 529 g/mol. The lowest BCUT2D eigenvalue weighted by molar-refractivity contribution is -0.140. The summed E-state index contributed by atoms with van der Waals surface area (Å²) in [5.74, 6) is -0.929. The zero-order valence-electron chi connectivity index (χ0n) is 20.0. The zero-order valence-corrected chi connectivity index (χ0v) is 21.6. The van der Waals surface area contributed by atoms with Gasteiger partial charge in [0.1, 0.15) is 5.54 Å². The van der Waals surface area contributed by atoms with Gasteiger partial charge in [0, 0.05) is 42.5 Å². The number of imide groups is 1. The van der Waals surface area contributed by atoms with Gasteiger partial charge in [0.25, 0.3) is 5.91 Å². The van der Waals surface area contributed by atoms with Gasteiger partial charge in [-0.05, 0) is 55.3 Å². The van der Waals surface area contributed by atoms with Crippen molar-refractivity contribution in [1.29, 1.82) is 5.26 Å². The number of unbranched alkanes of at least 4 members (excludes halogenated alkanes) is 1. The van der Waals surface area contributed by atoms with Crippen molar-refractivity contribution in [2.45, 2.75) is 30.7 Å². The van der Waals surface area contributed by atoms with Gasteiger partial charge in [-0.15, -0.1) is 0 Å². The number of urea groups is 1. The molecule has 0 aliphatic carbocycles. The molecule has 188 valence electrons. The van der Waals surface area contributed by atoms with Crippen LogP contribution in [0.15, 0.2) is 42.5 Å². The van der Waals surface area contributed by atoms with Gasteiger partial charge in [0.05, 0.1) is 24.4 Å². The van der Waals surface area contributed by atoms with Gasteiger partial charge in [0.2, 0.25) is 0 Å². The third kappa shape index (κ3) is 4.66. The van der Waals surface area contributed by atoms with Crippen LogP contribution in [0.3, 0.4) is 0 Å². The van der Waals surface area contributed by atoms with E-state index in [0.717, 1.165) is 16.9 Å². The number of likely N-dealkylation sites (tertiary alicyclic amines) is 1. The van der Waals surface area contributed by atoms with E-state index in [1.54, 1.807) is 37.4 Å². The lowest BCUT2D eigenvalue weighted by atomic mass is 9.80. The molecule has 2 aromatic carbocycles. The van der Waals surface area contributed by atoms with Crippen molar-refractivity contribution in [3.8, 4) is 6.07 Å². The molecule has 2 heterocycles. The summed E-state index contributed by atoms with van der Waals surface area (Å²) in [6.07, 6.45) is 1.73. The lowest BCUT2D eigenvalue weighted by Gasteiger charge is -2.34. The van der Waals surface area contributed by atoms with Crippen molar-refractivity contribution < 1.29 is 19.1 Å². The molecule has 1 spiro atoms. The zero-order chi connectivity index (χ0) is 26.0. The fourth-order valence-corrected chi connectivity index (χ4v) is 5.68. The number of carbonyl (C=O) groups excluding carboxylic acids is 3. The predicted molar refractivity (Wildman–Crippen MR) is 136 cm³/mol. The number of nitrogens with zero attached hydrogens (tertiary/aromatic N) is 4. The molecule has 2 aliphatic heterocycles. The molecule has 0 radical (unpaired) electrons. The summed E-state index contributed by atoms with van der Waals surface area (Å²) in [7, 11) is 3.01. The Bertz CT molecular complexity index is 1210. The van der Waals surface area contributed by atoms with E-state index in [1.165, 1.54) is 12.0 Å². The van der Waals surface area contributed by atoms with Crippen molar-refractivity contribution in [3.63, 3.8) is 0 Å². The second-order valence-corrected chi connectivity index (χ2v) is 9.96. The second kappa shape index (κ2) is 10.5. The number of hydrogen-bond acceptors (Lipinski definition) is 6.